The van der Waals surface area contributed by atoms with Gasteiger partial charge in [0.05, 0.1) is 0 Å². The number of alkyl halides is 3. The van der Waals surface area contributed by atoms with Gasteiger partial charge in [0.2, 0.25) is 5.91 Å². The summed E-state index contributed by atoms with van der Waals surface area (Å²) in [5, 5.41) is 14.3. The van der Waals surface area contributed by atoms with Gasteiger partial charge in [0.25, 0.3) is 0 Å². The molecule has 3 aromatic rings. The number of fused-ring (bicyclic) bond motifs is 1. The topological polar surface area (TPSA) is 132 Å². The first-order valence-electron chi connectivity index (χ1n) is 7.94. The van der Waals surface area contributed by atoms with Gasteiger partial charge in [-0.25, -0.2) is 19.9 Å². The molecular weight excluding hydrogens is 377 g/mol. The quantitative estimate of drug-likeness (QED) is 0.605. The van der Waals surface area contributed by atoms with Gasteiger partial charge in [-0.1, -0.05) is 0 Å². The summed E-state index contributed by atoms with van der Waals surface area (Å²) in [4.78, 5) is 31.1. The van der Waals surface area contributed by atoms with Crippen molar-refractivity contribution in [2.45, 2.75) is 19.1 Å². The predicted molar refractivity (Wildman–Crippen MR) is 91.8 cm³/mol. The Morgan fingerprint density at radius 2 is 2.18 bits per heavy atom. The van der Waals surface area contributed by atoms with E-state index in [1.807, 2.05) is 6.07 Å². The van der Waals surface area contributed by atoms with E-state index in [0.29, 0.717) is 16.6 Å². The van der Waals surface area contributed by atoms with Gasteiger partial charge < -0.3 is 15.6 Å². The second-order valence-electron chi connectivity index (χ2n) is 5.76. The molecule has 0 aromatic carbocycles. The minimum atomic E-state index is -4.51. The highest BCUT2D eigenvalue weighted by Gasteiger charge is 2.28. The van der Waals surface area contributed by atoms with Gasteiger partial charge in [0.1, 0.15) is 42.1 Å². The van der Waals surface area contributed by atoms with Crippen LogP contribution in [0.25, 0.3) is 22.4 Å². The SMILES string of the molecule is C[C@H](Nc1cc(C#N)nc(-c2c[nH]c3ncncc23)n1)C(=O)NCC(F)(F)F. The van der Waals surface area contributed by atoms with E-state index in [-0.39, 0.29) is 17.3 Å². The van der Waals surface area contributed by atoms with E-state index in [4.69, 9.17) is 0 Å². The molecule has 0 aliphatic rings. The minimum absolute atomic E-state index is 0.0154. The van der Waals surface area contributed by atoms with Crippen LogP contribution >= 0.6 is 0 Å². The number of carbonyl (C=O) groups excluding carboxylic acids is 1. The summed E-state index contributed by atoms with van der Waals surface area (Å²) in [5.41, 5.74) is 1.09. The predicted octanol–water partition coefficient (Wildman–Crippen LogP) is 1.77. The van der Waals surface area contributed by atoms with Crippen molar-refractivity contribution in [3.05, 3.63) is 30.5 Å². The molecule has 3 N–H and O–H groups in total. The molecule has 28 heavy (non-hydrogen) atoms. The fraction of sp³-hybridized carbons (Fsp3) is 0.250. The number of aromatic amines is 1. The van der Waals surface area contributed by atoms with Crippen molar-refractivity contribution in [3.63, 3.8) is 0 Å². The Bertz CT molecular complexity index is 1060. The fourth-order valence-corrected chi connectivity index (χ4v) is 2.37. The third-order valence-corrected chi connectivity index (χ3v) is 3.66. The number of rotatable bonds is 5. The Morgan fingerprint density at radius 3 is 2.89 bits per heavy atom. The van der Waals surface area contributed by atoms with Crippen LogP contribution in [0.3, 0.4) is 0 Å². The molecule has 0 spiro atoms. The maximum absolute atomic E-state index is 12.2. The Balaban J connectivity index is 1.86. The summed E-state index contributed by atoms with van der Waals surface area (Å²) in [6, 6.07) is 2.15. The average Bonchev–Trinajstić information content (AvgIpc) is 3.09. The molecule has 1 atom stereocenters. The molecule has 0 fully saturated rings. The summed E-state index contributed by atoms with van der Waals surface area (Å²) >= 11 is 0. The lowest BCUT2D eigenvalue weighted by atomic mass is 10.2. The second-order valence-corrected chi connectivity index (χ2v) is 5.76. The molecule has 0 unspecified atom stereocenters. The second kappa shape index (κ2) is 7.47. The highest BCUT2D eigenvalue weighted by Crippen LogP contribution is 2.25. The number of carbonyl (C=O) groups is 1. The molecule has 3 rings (SSSR count). The molecule has 0 saturated heterocycles. The van der Waals surface area contributed by atoms with E-state index in [1.54, 1.807) is 17.7 Å². The molecule has 0 aliphatic heterocycles. The van der Waals surface area contributed by atoms with Crippen molar-refractivity contribution in [2.75, 3.05) is 11.9 Å². The number of anilines is 1. The number of hydrogen-bond acceptors (Lipinski definition) is 7. The zero-order valence-corrected chi connectivity index (χ0v) is 14.4. The minimum Gasteiger partial charge on any atom is -0.358 e. The summed E-state index contributed by atoms with van der Waals surface area (Å²) in [5.74, 6) is -0.579. The van der Waals surface area contributed by atoms with E-state index in [1.165, 1.54) is 19.3 Å². The first kappa shape index (κ1) is 19.0. The average molecular weight is 390 g/mol. The van der Waals surface area contributed by atoms with E-state index in [9.17, 15) is 23.2 Å². The largest absolute Gasteiger partial charge is 0.405 e. The maximum atomic E-state index is 12.2. The molecular formula is C16H13F3N8O. The number of nitrogens with zero attached hydrogens (tertiary/aromatic N) is 5. The number of nitriles is 1. The van der Waals surface area contributed by atoms with Crippen molar-refractivity contribution in [3.8, 4) is 17.5 Å². The van der Waals surface area contributed by atoms with Gasteiger partial charge in [-0.05, 0) is 6.92 Å². The molecule has 3 aromatic heterocycles. The van der Waals surface area contributed by atoms with E-state index in [2.05, 4.69) is 30.2 Å². The van der Waals surface area contributed by atoms with Crippen LogP contribution in [-0.4, -0.2) is 49.6 Å². The highest BCUT2D eigenvalue weighted by molar-refractivity contribution is 5.91. The van der Waals surface area contributed by atoms with Crippen LogP contribution in [0.4, 0.5) is 19.0 Å². The van der Waals surface area contributed by atoms with Crippen LogP contribution in [0.2, 0.25) is 0 Å². The molecule has 0 saturated carbocycles. The van der Waals surface area contributed by atoms with Gasteiger partial charge in [-0.15, -0.1) is 0 Å². The van der Waals surface area contributed by atoms with E-state index < -0.39 is 24.7 Å². The third-order valence-electron chi connectivity index (χ3n) is 3.66. The third kappa shape index (κ3) is 4.32. The Morgan fingerprint density at radius 1 is 1.39 bits per heavy atom. The monoisotopic (exact) mass is 390 g/mol. The summed E-state index contributed by atoms with van der Waals surface area (Å²) < 4.78 is 36.7. The van der Waals surface area contributed by atoms with Gasteiger partial charge in [-0.2, -0.15) is 18.4 Å². The van der Waals surface area contributed by atoms with Crippen molar-refractivity contribution in [2.24, 2.45) is 0 Å². The van der Waals surface area contributed by atoms with Crippen LogP contribution in [0.1, 0.15) is 12.6 Å². The Hall–Kier alpha value is -3.75. The van der Waals surface area contributed by atoms with Gasteiger partial charge in [0.15, 0.2) is 5.82 Å². The molecule has 0 radical (unpaired) electrons. The first-order chi connectivity index (χ1) is 13.3. The van der Waals surface area contributed by atoms with E-state index in [0.717, 1.165) is 0 Å². The lowest BCUT2D eigenvalue weighted by Gasteiger charge is -2.16. The normalized spacial score (nSPS) is 12.4. The van der Waals surface area contributed by atoms with Gasteiger partial charge in [-0.3, -0.25) is 4.79 Å². The number of H-pyrrole nitrogens is 1. The molecule has 144 valence electrons. The van der Waals surface area contributed by atoms with Crippen molar-refractivity contribution in [1.82, 2.24) is 30.2 Å². The van der Waals surface area contributed by atoms with E-state index >= 15 is 0 Å². The fourth-order valence-electron chi connectivity index (χ4n) is 2.37. The molecule has 12 heteroatoms. The number of aromatic nitrogens is 5. The van der Waals surface area contributed by atoms with Crippen LogP contribution in [0, 0.1) is 11.3 Å². The number of nitrogens with one attached hydrogen (secondary N) is 3. The summed E-state index contributed by atoms with van der Waals surface area (Å²) in [6.07, 6.45) is 0.00220. The lowest BCUT2D eigenvalue weighted by Crippen LogP contribution is -2.42. The number of halogens is 3. The van der Waals surface area contributed by atoms with Gasteiger partial charge >= 0.3 is 6.18 Å². The van der Waals surface area contributed by atoms with Crippen LogP contribution in [0.15, 0.2) is 24.8 Å². The van der Waals surface area contributed by atoms with Crippen molar-refractivity contribution in [1.29, 1.82) is 5.26 Å². The summed E-state index contributed by atoms with van der Waals surface area (Å²) in [7, 11) is 0. The summed E-state index contributed by atoms with van der Waals surface area (Å²) in [6.45, 7) is -0.0647. The lowest BCUT2D eigenvalue weighted by molar-refractivity contribution is -0.138. The number of amides is 1. The van der Waals surface area contributed by atoms with Crippen LogP contribution in [-0.2, 0) is 4.79 Å². The maximum Gasteiger partial charge on any atom is 0.405 e. The molecule has 9 nitrogen and oxygen atoms in total. The van der Waals surface area contributed by atoms with Crippen LogP contribution in [0.5, 0.6) is 0 Å². The molecule has 3 heterocycles. The molecule has 0 aliphatic carbocycles. The van der Waals surface area contributed by atoms with Crippen LogP contribution < -0.4 is 10.6 Å². The van der Waals surface area contributed by atoms with Gasteiger partial charge in [0, 0.05) is 29.4 Å². The smallest absolute Gasteiger partial charge is 0.358 e. The Kier molecular flexibility index (Phi) is 5.08. The standard InChI is InChI=1S/C16H13F3N8O/c1-8(15(28)23-6-16(17,18)19)25-12-2-9(3-20)26-14(27-12)11-5-22-13-10(11)4-21-7-24-13/h2,4-5,7-8H,6H2,1H3,(H,23,28)(H,21,22,24)(H,25,26,27)/t8-/m0/s1. The van der Waals surface area contributed by atoms with Crippen molar-refractivity contribution >= 4 is 22.8 Å². The van der Waals surface area contributed by atoms with Crippen molar-refractivity contribution < 1.29 is 18.0 Å². The highest BCUT2D eigenvalue weighted by atomic mass is 19.4. The zero-order valence-electron chi connectivity index (χ0n) is 14.4. The zero-order chi connectivity index (χ0) is 20.3. The Labute approximate surface area is 156 Å². The molecule has 1 amide bonds. The first-order valence-corrected chi connectivity index (χ1v) is 7.94. The molecule has 0 bridgehead atoms. The number of hydrogen-bond donors (Lipinski definition) is 3.